The van der Waals surface area contributed by atoms with Crippen molar-refractivity contribution in [3.8, 4) is 5.75 Å². The molecule has 5 atom stereocenters. The number of amides is 2. The zero-order valence-electron chi connectivity index (χ0n) is 23.1. The number of carbonyl (C=O) groups is 2. The Labute approximate surface area is 238 Å². The Morgan fingerprint density at radius 1 is 1.07 bits per heavy atom. The Hall–Kier alpha value is -3.27. The second kappa shape index (κ2) is 11.3. The lowest BCUT2D eigenvalue weighted by atomic mass is 9.47. The third-order valence-electron chi connectivity index (χ3n) is 9.11. The lowest BCUT2D eigenvalue weighted by Gasteiger charge is -2.58. The number of nitrogens with zero attached hydrogens (tertiary/aromatic N) is 1. The normalized spacial score (nSPS) is 27.3. The Bertz CT molecular complexity index is 1360. The van der Waals surface area contributed by atoms with E-state index < -0.39 is 11.5 Å². The number of hydrogen-bond acceptors (Lipinski definition) is 7. The Morgan fingerprint density at radius 3 is 2.48 bits per heavy atom. The number of aromatic nitrogens is 1. The van der Waals surface area contributed by atoms with Crippen LogP contribution in [0.3, 0.4) is 0 Å². The summed E-state index contributed by atoms with van der Waals surface area (Å²) < 4.78 is 5.20. The summed E-state index contributed by atoms with van der Waals surface area (Å²) in [6.45, 7) is 3.98. The molecule has 1 fully saturated rings. The summed E-state index contributed by atoms with van der Waals surface area (Å²) in [6, 6.07) is 16.7. The summed E-state index contributed by atoms with van der Waals surface area (Å²) in [5, 5.41) is 27.9. The lowest BCUT2D eigenvalue weighted by Crippen LogP contribution is -2.57. The zero-order chi connectivity index (χ0) is 28.5. The van der Waals surface area contributed by atoms with Crippen LogP contribution in [0.25, 0.3) is 0 Å². The highest BCUT2D eigenvalue weighted by molar-refractivity contribution is 7.15. The third kappa shape index (κ3) is 5.38. The quantitative estimate of drug-likeness (QED) is 0.313. The number of nitrogens with one attached hydrogen (secondary N) is 2. The number of rotatable bonds is 8. The molecule has 9 heteroatoms. The van der Waals surface area contributed by atoms with E-state index in [-0.39, 0.29) is 48.5 Å². The third-order valence-corrected chi connectivity index (χ3v) is 10.1. The highest BCUT2D eigenvalue weighted by Gasteiger charge is 2.59. The van der Waals surface area contributed by atoms with Crippen LogP contribution in [0, 0.1) is 16.7 Å². The smallest absolute Gasteiger partial charge is 0.230 e. The van der Waals surface area contributed by atoms with Crippen molar-refractivity contribution in [3.05, 3.63) is 70.7 Å². The van der Waals surface area contributed by atoms with E-state index in [9.17, 15) is 19.8 Å². The predicted octanol–water partition coefficient (Wildman–Crippen LogP) is 4.78. The van der Waals surface area contributed by atoms with Gasteiger partial charge in [-0.1, -0.05) is 44.2 Å². The second-order valence-electron chi connectivity index (χ2n) is 11.6. The number of aliphatic hydroxyl groups is 2. The SMILES string of the molecule is COc1ccc(CC(=O)Nc2nc3c(s2)CC2C(C)(CO)C(O)CCC2(C)C3CC(=O)Nc2ccccc2)cc1. The average molecular weight is 564 g/mol. The number of methoxy groups -OCH3 is 1. The van der Waals surface area contributed by atoms with Crippen molar-refractivity contribution in [3.63, 3.8) is 0 Å². The molecule has 2 amide bonds. The Balaban J connectivity index is 1.43. The standard InChI is InChI=1S/C31H37N3O5S/c1-30-14-13-25(36)31(2,18-35)24(30)17-23-28(22(30)16-27(38)32-20-7-5-4-6-8-20)34-29(40-23)33-26(37)15-19-9-11-21(39-3)12-10-19/h4-12,22,24-25,35-36H,13-18H2,1-3H3,(H,32,38)(H,33,34,37). The molecule has 1 saturated carbocycles. The van der Waals surface area contributed by atoms with Crippen LogP contribution < -0.4 is 15.4 Å². The number of anilines is 2. The molecule has 0 saturated heterocycles. The van der Waals surface area contributed by atoms with Crippen molar-refractivity contribution in [1.82, 2.24) is 4.98 Å². The van der Waals surface area contributed by atoms with Crippen molar-refractivity contribution in [2.24, 2.45) is 16.7 Å². The van der Waals surface area contributed by atoms with Gasteiger partial charge in [0, 0.05) is 28.3 Å². The fourth-order valence-electron chi connectivity index (χ4n) is 6.71. The van der Waals surface area contributed by atoms with Crippen LogP contribution in [0.1, 0.15) is 55.2 Å². The van der Waals surface area contributed by atoms with Gasteiger partial charge in [0.05, 0.1) is 31.9 Å². The van der Waals surface area contributed by atoms with Gasteiger partial charge in [0.25, 0.3) is 0 Å². The second-order valence-corrected chi connectivity index (χ2v) is 12.6. The maximum absolute atomic E-state index is 13.3. The Morgan fingerprint density at radius 2 is 1.80 bits per heavy atom. The molecule has 0 radical (unpaired) electrons. The summed E-state index contributed by atoms with van der Waals surface area (Å²) in [7, 11) is 1.60. The first-order valence-electron chi connectivity index (χ1n) is 13.7. The molecule has 212 valence electrons. The van der Waals surface area contributed by atoms with E-state index in [1.165, 1.54) is 11.3 Å². The molecule has 3 aromatic rings. The first-order valence-corrected chi connectivity index (χ1v) is 14.5. The van der Waals surface area contributed by atoms with Gasteiger partial charge >= 0.3 is 0 Å². The van der Waals surface area contributed by atoms with Gasteiger partial charge in [0.1, 0.15) is 5.75 Å². The maximum Gasteiger partial charge on any atom is 0.230 e. The molecule has 1 aromatic heterocycles. The minimum absolute atomic E-state index is 0.0564. The van der Waals surface area contributed by atoms with Gasteiger partial charge in [0.15, 0.2) is 5.13 Å². The summed E-state index contributed by atoms with van der Waals surface area (Å²) in [5.41, 5.74) is 1.36. The number of aliphatic hydroxyl groups excluding tert-OH is 2. The molecular weight excluding hydrogens is 526 g/mol. The van der Waals surface area contributed by atoms with Crippen molar-refractivity contribution in [1.29, 1.82) is 0 Å². The topological polar surface area (TPSA) is 121 Å². The van der Waals surface area contributed by atoms with E-state index >= 15 is 0 Å². The number of hydrogen-bond donors (Lipinski definition) is 4. The van der Waals surface area contributed by atoms with E-state index in [2.05, 4.69) is 17.6 Å². The summed E-state index contributed by atoms with van der Waals surface area (Å²) in [4.78, 5) is 32.1. The van der Waals surface area contributed by atoms with Gasteiger partial charge < -0.3 is 25.6 Å². The highest BCUT2D eigenvalue weighted by Crippen LogP contribution is 2.62. The molecule has 2 aliphatic carbocycles. The monoisotopic (exact) mass is 563 g/mol. The molecule has 40 heavy (non-hydrogen) atoms. The Kier molecular flexibility index (Phi) is 7.99. The van der Waals surface area contributed by atoms with Gasteiger partial charge in [-0.15, -0.1) is 11.3 Å². The molecule has 2 aliphatic rings. The maximum atomic E-state index is 13.3. The fourth-order valence-corrected chi connectivity index (χ4v) is 7.80. The highest BCUT2D eigenvalue weighted by atomic mass is 32.1. The van der Waals surface area contributed by atoms with Crippen molar-refractivity contribution in [2.45, 2.75) is 58.0 Å². The lowest BCUT2D eigenvalue weighted by molar-refractivity contribution is -0.143. The molecule has 8 nitrogen and oxygen atoms in total. The molecule has 4 N–H and O–H groups in total. The van der Waals surface area contributed by atoms with Gasteiger partial charge in [-0.2, -0.15) is 0 Å². The molecule has 1 heterocycles. The fraction of sp³-hybridized carbons (Fsp3) is 0.452. The summed E-state index contributed by atoms with van der Waals surface area (Å²) in [6.07, 6.45) is 1.68. The van der Waals surface area contributed by atoms with Crippen LogP contribution in [-0.4, -0.2) is 46.8 Å². The molecule has 0 spiro atoms. The largest absolute Gasteiger partial charge is 0.497 e. The van der Waals surface area contributed by atoms with Crippen LogP contribution in [0.2, 0.25) is 0 Å². The number of ether oxygens (including phenoxy) is 1. The van der Waals surface area contributed by atoms with Crippen LogP contribution in [-0.2, 0) is 22.4 Å². The van der Waals surface area contributed by atoms with Gasteiger partial charge in [-0.25, -0.2) is 4.98 Å². The number of para-hydroxylation sites is 1. The minimum Gasteiger partial charge on any atom is -0.497 e. The minimum atomic E-state index is -0.708. The summed E-state index contributed by atoms with van der Waals surface area (Å²) >= 11 is 1.42. The number of fused-ring (bicyclic) bond motifs is 2. The van der Waals surface area contributed by atoms with E-state index in [1.54, 1.807) is 7.11 Å². The number of thiazole rings is 1. The van der Waals surface area contributed by atoms with Gasteiger partial charge in [0.2, 0.25) is 11.8 Å². The average Bonchev–Trinajstić information content (AvgIpc) is 3.35. The van der Waals surface area contributed by atoms with Crippen molar-refractivity contribution >= 4 is 34.0 Å². The first-order chi connectivity index (χ1) is 19.2. The van der Waals surface area contributed by atoms with E-state index in [0.717, 1.165) is 27.6 Å². The van der Waals surface area contributed by atoms with Gasteiger partial charge in [-0.3, -0.25) is 9.59 Å². The zero-order valence-corrected chi connectivity index (χ0v) is 24.0. The van der Waals surface area contributed by atoms with Crippen molar-refractivity contribution < 1.29 is 24.5 Å². The van der Waals surface area contributed by atoms with E-state index in [0.29, 0.717) is 24.4 Å². The molecule has 5 rings (SSSR count). The molecule has 0 aliphatic heterocycles. The number of benzene rings is 2. The predicted molar refractivity (Wildman–Crippen MR) is 156 cm³/mol. The summed E-state index contributed by atoms with van der Waals surface area (Å²) in [5.74, 6) is 0.160. The van der Waals surface area contributed by atoms with E-state index in [4.69, 9.17) is 9.72 Å². The molecule has 2 aromatic carbocycles. The van der Waals surface area contributed by atoms with Gasteiger partial charge in [-0.05, 0) is 60.4 Å². The van der Waals surface area contributed by atoms with Crippen LogP contribution >= 0.6 is 11.3 Å². The molecular formula is C31H37N3O5S. The van der Waals surface area contributed by atoms with Crippen molar-refractivity contribution in [2.75, 3.05) is 24.4 Å². The van der Waals surface area contributed by atoms with E-state index in [1.807, 2.05) is 61.5 Å². The number of carbonyl (C=O) groups excluding carboxylic acids is 2. The van der Waals surface area contributed by atoms with Crippen LogP contribution in [0.15, 0.2) is 54.6 Å². The molecule has 0 bridgehead atoms. The first kappa shape index (κ1) is 28.3. The van der Waals surface area contributed by atoms with Crippen LogP contribution in [0.4, 0.5) is 10.8 Å². The molecule has 5 unspecified atom stereocenters. The van der Waals surface area contributed by atoms with Crippen LogP contribution in [0.5, 0.6) is 5.75 Å².